The summed E-state index contributed by atoms with van der Waals surface area (Å²) in [5, 5.41) is 6.41. The zero-order valence-electron chi connectivity index (χ0n) is 15.6. The lowest BCUT2D eigenvalue weighted by Crippen LogP contribution is -2.39. The molecular weight excluding hydrogens is 353 g/mol. The van der Waals surface area contributed by atoms with Gasteiger partial charge in [0, 0.05) is 38.4 Å². The van der Waals surface area contributed by atoms with Crippen molar-refractivity contribution in [1.29, 1.82) is 0 Å². The fourth-order valence-electron chi connectivity index (χ4n) is 2.67. The van der Waals surface area contributed by atoms with Crippen LogP contribution in [0.25, 0.3) is 0 Å². The number of hydrogen-bond acceptors (Lipinski definition) is 2. The van der Waals surface area contributed by atoms with Crippen molar-refractivity contribution in [2.75, 3.05) is 20.1 Å². The molecule has 1 unspecified atom stereocenters. The zero-order valence-corrected chi connectivity index (χ0v) is 15.6. The van der Waals surface area contributed by atoms with Gasteiger partial charge in [0.1, 0.15) is 0 Å². The first-order valence-electron chi connectivity index (χ1n) is 8.91. The molecule has 0 aliphatic heterocycles. The Morgan fingerprint density at radius 3 is 2.56 bits per heavy atom. The molecule has 0 saturated heterocycles. The molecule has 0 saturated carbocycles. The van der Waals surface area contributed by atoms with E-state index in [1.807, 2.05) is 25.1 Å². The number of guanidine groups is 1. The Labute approximate surface area is 157 Å². The first kappa shape index (κ1) is 20.7. The van der Waals surface area contributed by atoms with Gasteiger partial charge in [0.05, 0.1) is 5.56 Å². The van der Waals surface area contributed by atoms with E-state index in [-0.39, 0.29) is 5.92 Å². The molecule has 2 rings (SSSR count). The van der Waals surface area contributed by atoms with E-state index in [1.165, 1.54) is 12.1 Å². The Bertz CT molecular complexity index is 730. The molecular formula is C20H25F3N4. The van der Waals surface area contributed by atoms with Gasteiger partial charge in [-0.3, -0.25) is 9.98 Å². The molecule has 146 valence electrons. The average Bonchev–Trinajstić information content (AvgIpc) is 2.67. The van der Waals surface area contributed by atoms with Crippen LogP contribution in [0, 0.1) is 0 Å². The maximum Gasteiger partial charge on any atom is 0.416 e. The molecule has 0 spiro atoms. The molecule has 0 bridgehead atoms. The SMILES string of the molecule is CN=C(NCCc1ccccn1)NCCC(C)c1cccc(C(F)(F)F)c1. The van der Waals surface area contributed by atoms with Crippen LogP contribution in [0.2, 0.25) is 0 Å². The summed E-state index contributed by atoms with van der Waals surface area (Å²) in [7, 11) is 1.69. The van der Waals surface area contributed by atoms with Crippen molar-refractivity contribution in [2.24, 2.45) is 4.99 Å². The van der Waals surface area contributed by atoms with Gasteiger partial charge in [-0.25, -0.2) is 0 Å². The molecule has 2 N–H and O–H groups in total. The summed E-state index contributed by atoms with van der Waals surface area (Å²) >= 11 is 0. The lowest BCUT2D eigenvalue weighted by atomic mass is 9.96. The molecule has 0 radical (unpaired) electrons. The standard InChI is InChI=1S/C20H25F3N4/c1-15(16-6-5-7-17(14-16)20(21,22)23)9-12-26-19(24-2)27-13-10-18-8-3-4-11-25-18/h3-8,11,14-15H,9-10,12-13H2,1-2H3,(H2,24,26,27). The summed E-state index contributed by atoms with van der Waals surface area (Å²) in [4.78, 5) is 8.42. The molecule has 0 fully saturated rings. The molecule has 2 aromatic rings. The van der Waals surface area contributed by atoms with E-state index in [0.29, 0.717) is 31.0 Å². The Morgan fingerprint density at radius 1 is 1.11 bits per heavy atom. The minimum atomic E-state index is -4.31. The minimum Gasteiger partial charge on any atom is -0.356 e. The Balaban J connectivity index is 1.77. The molecule has 7 heteroatoms. The van der Waals surface area contributed by atoms with Gasteiger partial charge in [0.25, 0.3) is 0 Å². The van der Waals surface area contributed by atoms with E-state index < -0.39 is 11.7 Å². The highest BCUT2D eigenvalue weighted by atomic mass is 19.4. The van der Waals surface area contributed by atoms with Crippen molar-refractivity contribution in [2.45, 2.75) is 31.9 Å². The van der Waals surface area contributed by atoms with Crippen molar-refractivity contribution < 1.29 is 13.2 Å². The highest BCUT2D eigenvalue weighted by Crippen LogP contribution is 2.31. The number of halogens is 3. The van der Waals surface area contributed by atoms with E-state index in [9.17, 15) is 13.2 Å². The second kappa shape index (κ2) is 9.94. The summed E-state index contributed by atoms with van der Waals surface area (Å²) in [6, 6.07) is 11.3. The molecule has 1 heterocycles. The molecule has 1 atom stereocenters. The zero-order chi connectivity index (χ0) is 19.7. The molecule has 27 heavy (non-hydrogen) atoms. The van der Waals surface area contributed by atoms with Crippen LogP contribution in [0.4, 0.5) is 13.2 Å². The minimum absolute atomic E-state index is 0.00595. The summed E-state index contributed by atoms with van der Waals surface area (Å²) in [6.45, 7) is 3.23. The summed E-state index contributed by atoms with van der Waals surface area (Å²) < 4.78 is 38.5. The number of aromatic nitrogens is 1. The Morgan fingerprint density at radius 2 is 1.89 bits per heavy atom. The predicted octanol–water partition coefficient (Wildman–Crippen LogP) is 4.00. The van der Waals surface area contributed by atoms with Crippen LogP contribution in [-0.2, 0) is 12.6 Å². The van der Waals surface area contributed by atoms with Crippen molar-refractivity contribution >= 4 is 5.96 Å². The van der Waals surface area contributed by atoms with Gasteiger partial charge in [-0.15, -0.1) is 0 Å². The van der Waals surface area contributed by atoms with Crippen LogP contribution >= 0.6 is 0 Å². The molecule has 1 aromatic heterocycles. The number of aliphatic imine (C=N–C) groups is 1. The van der Waals surface area contributed by atoms with Crippen molar-refractivity contribution in [3.05, 3.63) is 65.5 Å². The average molecular weight is 378 g/mol. The van der Waals surface area contributed by atoms with Crippen molar-refractivity contribution in [3.8, 4) is 0 Å². The number of pyridine rings is 1. The number of alkyl halides is 3. The van der Waals surface area contributed by atoms with Crippen LogP contribution in [0.5, 0.6) is 0 Å². The molecule has 0 amide bonds. The normalized spacial score (nSPS) is 13.3. The number of hydrogen-bond donors (Lipinski definition) is 2. The van der Waals surface area contributed by atoms with Crippen LogP contribution in [0.3, 0.4) is 0 Å². The fourth-order valence-corrected chi connectivity index (χ4v) is 2.67. The monoisotopic (exact) mass is 378 g/mol. The largest absolute Gasteiger partial charge is 0.416 e. The first-order valence-corrected chi connectivity index (χ1v) is 8.91. The fraction of sp³-hybridized carbons (Fsp3) is 0.400. The lowest BCUT2D eigenvalue weighted by Gasteiger charge is -2.16. The summed E-state index contributed by atoms with van der Waals surface area (Å²) in [5.74, 6) is 0.675. The maximum atomic E-state index is 12.8. The number of benzene rings is 1. The first-order chi connectivity index (χ1) is 12.9. The maximum absolute atomic E-state index is 12.8. The van der Waals surface area contributed by atoms with Gasteiger partial charge in [0.2, 0.25) is 0 Å². The second-order valence-electron chi connectivity index (χ2n) is 6.31. The van der Waals surface area contributed by atoms with E-state index >= 15 is 0 Å². The number of nitrogens with one attached hydrogen (secondary N) is 2. The lowest BCUT2D eigenvalue weighted by molar-refractivity contribution is -0.137. The van der Waals surface area contributed by atoms with Gasteiger partial charge in [-0.2, -0.15) is 13.2 Å². The van der Waals surface area contributed by atoms with E-state index in [2.05, 4.69) is 20.6 Å². The van der Waals surface area contributed by atoms with Gasteiger partial charge in [-0.05, 0) is 36.1 Å². The third-order valence-corrected chi connectivity index (χ3v) is 4.28. The summed E-state index contributed by atoms with van der Waals surface area (Å²) in [5.41, 5.74) is 1.08. The van der Waals surface area contributed by atoms with Crippen LogP contribution < -0.4 is 10.6 Å². The molecule has 0 aliphatic carbocycles. The third kappa shape index (κ3) is 6.92. The third-order valence-electron chi connectivity index (χ3n) is 4.28. The van der Waals surface area contributed by atoms with Crippen LogP contribution in [-0.4, -0.2) is 31.1 Å². The Kier molecular flexibility index (Phi) is 7.64. The van der Waals surface area contributed by atoms with Crippen molar-refractivity contribution in [3.63, 3.8) is 0 Å². The van der Waals surface area contributed by atoms with E-state index in [1.54, 1.807) is 19.3 Å². The van der Waals surface area contributed by atoms with Crippen LogP contribution in [0.15, 0.2) is 53.7 Å². The van der Waals surface area contributed by atoms with Gasteiger partial charge in [0.15, 0.2) is 5.96 Å². The summed E-state index contributed by atoms with van der Waals surface area (Å²) in [6.07, 6.45) is -1.07. The predicted molar refractivity (Wildman–Crippen MR) is 102 cm³/mol. The number of rotatable bonds is 7. The highest BCUT2D eigenvalue weighted by molar-refractivity contribution is 5.79. The van der Waals surface area contributed by atoms with E-state index in [4.69, 9.17) is 0 Å². The smallest absolute Gasteiger partial charge is 0.356 e. The Hall–Kier alpha value is -2.57. The van der Waals surface area contributed by atoms with Crippen LogP contribution in [0.1, 0.15) is 36.1 Å². The van der Waals surface area contributed by atoms with Gasteiger partial charge in [-0.1, -0.05) is 31.2 Å². The number of nitrogens with zero attached hydrogens (tertiary/aromatic N) is 2. The molecule has 0 aliphatic rings. The van der Waals surface area contributed by atoms with Gasteiger partial charge >= 0.3 is 6.18 Å². The highest BCUT2D eigenvalue weighted by Gasteiger charge is 2.30. The topological polar surface area (TPSA) is 49.3 Å². The molecule has 4 nitrogen and oxygen atoms in total. The second-order valence-corrected chi connectivity index (χ2v) is 6.31. The van der Waals surface area contributed by atoms with Crippen molar-refractivity contribution in [1.82, 2.24) is 15.6 Å². The van der Waals surface area contributed by atoms with Gasteiger partial charge < -0.3 is 10.6 Å². The quantitative estimate of drug-likeness (QED) is 0.566. The van der Waals surface area contributed by atoms with E-state index in [0.717, 1.165) is 18.2 Å². The molecule has 1 aromatic carbocycles.